The van der Waals surface area contributed by atoms with Gasteiger partial charge in [0.2, 0.25) is 0 Å². The molecule has 3 rings (SSSR count). The predicted octanol–water partition coefficient (Wildman–Crippen LogP) is 2.87. The van der Waals surface area contributed by atoms with Gasteiger partial charge in [0.1, 0.15) is 0 Å². The van der Waals surface area contributed by atoms with Crippen molar-refractivity contribution in [2.24, 2.45) is 0 Å². The summed E-state index contributed by atoms with van der Waals surface area (Å²) in [6, 6.07) is 8.99. The molecule has 1 saturated heterocycles. The van der Waals surface area contributed by atoms with E-state index in [2.05, 4.69) is 41.5 Å². The first-order valence-corrected chi connectivity index (χ1v) is 6.46. The summed E-state index contributed by atoms with van der Waals surface area (Å²) in [5.41, 5.74) is 3.87. The van der Waals surface area contributed by atoms with Gasteiger partial charge in [0, 0.05) is 18.1 Å². The summed E-state index contributed by atoms with van der Waals surface area (Å²) in [4.78, 5) is 4.56. The molecular formula is C15H18N2. The summed E-state index contributed by atoms with van der Waals surface area (Å²) < 4.78 is 0. The van der Waals surface area contributed by atoms with Crippen LogP contribution in [0.5, 0.6) is 0 Å². The Kier molecular flexibility index (Phi) is 2.81. The van der Waals surface area contributed by atoms with Crippen LogP contribution in [-0.4, -0.2) is 18.1 Å². The number of fused-ring (bicyclic) bond motifs is 1. The second kappa shape index (κ2) is 4.46. The summed E-state index contributed by atoms with van der Waals surface area (Å²) in [7, 11) is 0. The first-order chi connectivity index (χ1) is 8.36. The number of hydrogen-bond donors (Lipinski definition) is 1. The molecule has 0 saturated carbocycles. The van der Waals surface area contributed by atoms with E-state index in [0.29, 0.717) is 5.92 Å². The van der Waals surface area contributed by atoms with E-state index in [1.807, 2.05) is 6.20 Å². The van der Waals surface area contributed by atoms with Crippen molar-refractivity contribution in [2.45, 2.75) is 25.7 Å². The van der Waals surface area contributed by atoms with Crippen molar-refractivity contribution in [1.29, 1.82) is 0 Å². The molecule has 0 bridgehead atoms. The van der Waals surface area contributed by atoms with Crippen molar-refractivity contribution < 1.29 is 0 Å². The number of rotatable bonds is 2. The molecule has 0 radical (unpaired) electrons. The molecule has 1 N–H and O–H groups in total. The van der Waals surface area contributed by atoms with E-state index < -0.39 is 0 Å². The van der Waals surface area contributed by atoms with Gasteiger partial charge in [-0.05, 0) is 48.6 Å². The van der Waals surface area contributed by atoms with Gasteiger partial charge in [0.15, 0.2) is 0 Å². The topological polar surface area (TPSA) is 24.9 Å². The fraction of sp³-hybridized carbons (Fsp3) is 0.400. The Hall–Kier alpha value is -1.41. The lowest BCUT2D eigenvalue weighted by atomic mass is 9.97. The molecule has 0 aliphatic carbocycles. The standard InChI is InChI=1S/C15H18N2/c1-2-11-7-13-4-3-12(8-15(13)17-9-11)14-5-6-16-10-14/h3-4,7-9,14,16H,2,5-6,10H2,1H3/t14-/m1/s1. The number of aryl methyl sites for hydroxylation is 1. The fourth-order valence-electron chi connectivity index (χ4n) is 2.57. The van der Waals surface area contributed by atoms with Crippen LogP contribution < -0.4 is 5.32 Å². The monoisotopic (exact) mass is 226 g/mol. The Morgan fingerprint density at radius 3 is 3.06 bits per heavy atom. The number of hydrogen-bond acceptors (Lipinski definition) is 2. The first kappa shape index (κ1) is 10.7. The van der Waals surface area contributed by atoms with Gasteiger partial charge in [-0.2, -0.15) is 0 Å². The molecule has 0 spiro atoms. The normalized spacial score (nSPS) is 19.9. The molecule has 1 aliphatic rings. The maximum Gasteiger partial charge on any atom is 0.0705 e. The van der Waals surface area contributed by atoms with Crippen molar-refractivity contribution in [1.82, 2.24) is 10.3 Å². The van der Waals surface area contributed by atoms with E-state index in [0.717, 1.165) is 25.0 Å². The van der Waals surface area contributed by atoms with Crippen LogP contribution in [-0.2, 0) is 6.42 Å². The molecule has 1 atom stereocenters. The molecule has 0 unspecified atom stereocenters. The van der Waals surface area contributed by atoms with Crippen molar-refractivity contribution >= 4 is 10.9 Å². The molecule has 1 aromatic carbocycles. The second-order valence-electron chi connectivity index (χ2n) is 4.84. The Bertz CT molecular complexity index is 527. The van der Waals surface area contributed by atoms with Crippen LogP contribution in [0.15, 0.2) is 30.5 Å². The van der Waals surface area contributed by atoms with Gasteiger partial charge >= 0.3 is 0 Å². The molecular weight excluding hydrogens is 208 g/mol. The highest BCUT2D eigenvalue weighted by Crippen LogP contribution is 2.25. The molecule has 2 heterocycles. The minimum absolute atomic E-state index is 0.673. The molecule has 0 amide bonds. The number of aromatic nitrogens is 1. The fourth-order valence-corrected chi connectivity index (χ4v) is 2.57. The quantitative estimate of drug-likeness (QED) is 0.851. The Morgan fingerprint density at radius 2 is 2.29 bits per heavy atom. The largest absolute Gasteiger partial charge is 0.316 e. The lowest BCUT2D eigenvalue weighted by molar-refractivity contribution is 0.764. The van der Waals surface area contributed by atoms with Crippen molar-refractivity contribution in [3.63, 3.8) is 0 Å². The van der Waals surface area contributed by atoms with Crippen LogP contribution in [0.4, 0.5) is 0 Å². The zero-order chi connectivity index (χ0) is 11.7. The number of benzene rings is 1. The van der Waals surface area contributed by atoms with Gasteiger partial charge in [-0.3, -0.25) is 4.98 Å². The lowest BCUT2D eigenvalue weighted by Gasteiger charge is -2.09. The Labute approximate surface area is 102 Å². The van der Waals surface area contributed by atoms with E-state index in [1.54, 1.807) is 0 Å². The third-order valence-electron chi connectivity index (χ3n) is 3.70. The van der Waals surface area contributed by atoms with E-state index >= 15 is 0 Å². The average molecular weight is 226 g/mol. The minimum Gasteiger partial charge on any atom is -0.316 e. The highest BCUT2D eigenvalue weighted by molar-refractivity contribution is 5.79. The summed E-state index contributed by atoms with van der Waals surface area (Å²) in [5.74, 6) is 0.673. The summed E-state index contributed by atoms with van der Waals surface area (Å²) >= 11 is 0. The van der Waals surface area contributed by atoms with Gasteiger partial charge in [-0.15, -0.1) is 0 Å². The molecule has 2 aromatic rings. The first-order valence-electron chi connectivity index (χ1n) is 6.46. The van der Waals surface area contributed by atoms with E-state index in [9.17, 15) is 0 Å². The Morgan fingerprint density at radius 1 is 1.35 bits per heavy atom. The molecule has 88 valence electrons. The predicted molar refractivity (Wildman–Crippen MR) is 71.3 cm³/mol. The molecule has 1 aliphatic heterocycles. The van der Waals surface area contributed by atoms with Crippen LogP contribution in [0.3, 0.4) is 0 Å². The molecule has 2 nitrogen and oxygen atoms in total. The third-order valence-corrected chi connectivity index (χ3v) is 3.70. The van der Waals surface area contributed by atoms with E-state index in [4.69, 9.17) is 0 Å². The van der Waals surface area contributed by atoms with Gasteiger partial charge in [0.05, 0.1) is 5.52 Å². The maximum atomic E-state index is 4.56. The SMILES string of the molecule is CCc1cnc2cc([C@@H]3CCNC3)ccc2c1. The molecule has 1 aromatic heterocycles. The maximum absolute atomic E-state index is 4.56. The molecule has 2 heteroatoms. The Balaban J connectivity index is 2.01. The highest BCUT2D eigenvalue weighted by Gasteiger charge is 2.16. The lowest BCUT2D eigenvalue weighted by Crippen LogP contribution is -2.07. The zero-order valence-electron chi connectivity index (χ0n) is 10.2. The van der Waals surface area contributed by atoms with Crippen molar-refractivity contribution in [3.8, 4) is 0 Å². The average Bonchev–Trinajstić information content (AvgIpc) is 2.91. The van der Waals surface area contributed by atoms with Crippen LogP contribution >= 0.6 is 0 Å². The zero-order valence-corrected chi connectivity index (χ0v) is 10.2. The van der Waals surface area contributed by atoms with E-state index in [-0.39, 0.29) is 0 Å². The van der Waals surface area contributed by atoms with Gasteiger partial charge in [-0.1, -0.05) is 19.1 Å². The van der Waals surface area contributed by atoms with Crippen LogP contribution in [0, 0.1) is 0 Å². The molecule has 1 fully saturated rings. The summed E-state index contributed by atoms with van der Waals surface area (Å²) in [6.07, 6.45) is 4.30. The van der Waals surface area contributed by atoms with Crippen molar-refractivity contribution in [3.05, 3.63) is 41.6 Å². The number of nitrogens with one attached hydrogen (secondary N) is 1. The minimum atomic E-state index is 0.673. The summed E-state index contributed by atoms with van der Waals surface area (Å²) in [6.45, 7) is 4.42. The second-order valence-corrected chi connectivity index (χ2v) is 4.84. The number of nitrogens with zero attached hydrogens (tertiary/aromatic N) is 1. The number of pyridine rings is 1. The smallest absolute Gasteiger partial charge is 0.0705 e. The van der Waals surface area contributed by atoms with E-state index in [1.165, 1.54) is 22.9 Å². The molecule has 17 heavy (non-hydrogen) atoms. The highest BCUT2D eigenvalue weighted by atomic mass is 14.9. The van der Waals surface area contributed by atoms with Crippen molar-refractivity contribution in [2.75, 3.05) is 13.1 Å². The van der Waals surface area contributed by atoms with Gasteiger partial charge < -0.3 is 5.32 Å². The van der Waals surface area contributed by atoms with Crippen LogP contribution in [0.25, 0.3) is 10.9 Å². The van der Waals surface area contributed by atoms with Crippen LogP contribution in [0.1, 0.15) is 30.4 Å². The van der Waals surface area contributed by atoms with Crippen LogP contribution in [0.2, 0.25) is 0 Å². The third kappa shape index (κ3) is 2.05. The van der Waals surface area contributed by atoms with Gasteiger partial charge in [0.25, 0.3) is 0 Å². The van der Waals surface area contributed by atoms with Gasteiger partial charge in [-0.25, -0.2) is 0 Å². The summed E-state index contributed by atoms with van der Waals surface area (Å²) in [5, 5.41) is 4.68.